The van der Waals surface area contributed by atoms with Gasteiger partial charge in [0.2, 0.25) is 0 Å². The molecule has 0 aliphatic heterocycles. The van der Waals surface area contributed by atoms with Crippen LogP contribution in [0.3, 0.4) is 0 Å². The molecule has 2 heterocycles. The number of carboxylic acid groups (broad SMARTS) is 1. The summed E-state index contributed by atoms with van der Waals surface area (Å²) in [5.41, 5.74) is -0.644. The van der Waals surface area contributed by atoms with E-state index in [1.165, 1.54) is 11.1 Å². The van der Waals surface area contributed by atoms with Crippen molar-refractivity contribution in [3.8, 4) is 5.75 Å². The van der Waals surface area contributed by atoms with Crippen LogP contribution in [0.25, 0.3) is 21.7 Å². The number of pyridine rings is 1. The number of aromatic nitrogens is 1. The number of hydrogen-bond acceptors (Lipinski definition) is 5. The highest BCUT2D eigenvalue weighted by atomic mass is 79.9. The van der Waals surface area contributed by atoms with E-state index in [1.54, 1.807) is 18.3 Å². The molecule has 3 rings (SSSR count). The molecule has 3 aromatic rings. The van der Waals surface area contributed by atoms with E-state index in [2.05, 4.69) is 34.8 Å². The third kappa shape index (κ3) is 5.01. The Labute approximate surface area is 189 Å². The van der Waals surface area contributed by atoms with Crippen molar-refractivity contribution >= 4 is 43.8 Å². The van der Waals surface area contributed by atoms with Crippen molar-refractivity contribution in [2.45, 2.75) is 52.6 Å². The van der Waals surface area contributed by atoms with Crippen LogP contribution >= 0.6 is 15.9 Å². The van der Waals surface area contributed by atoms with Crippen LogP contribution in [0.5, 0.6) is 5.75 Å². The SMILES string of the molecule is CC(C)CC(COc1cc2oc(=O)c3cnccc3c2cc1Br)N(C(=O)O)C(C)(C)C. The van der Waals surface area contributed by atoms with Gasteiger partial charge in [0.1, 0.15) is 17.9 Å². The van der Waals surface area contributed by atoms with Crippen molar-refractivity contribution in [3.05, 3.63) is 45.5 Å². The number of benzene rings is 1. The monoisotopic (exact) mass is 490 g/mol. The Bertz CT molecular complexity index is 1170. The first-order valence-corrected chi connectivity index (χ1v) is 10.9. The molecule has 0 radical (unpaired) electrons. The second-order valence-corrected chi connectivity index (χ2v) is 9.86. The van der Waals surface area contributed by atoms with Gasteiger partial charge in [0.25, 0.3) is 0 Å². The highest BCUT2D eigenvalue weighted by Crippen LogP contribution is 2.34. The summed E-state index contributed by atoms with van der Waals surface area (Å²) < 4.78 is 12.2. The maximum Gasteiger partial charge on any atom is 0.408 e. The molecule has 7 nitrogen and oxygen atoms in total. The van der Waals surface area contributed by atoms with Crippen molar-refractivity contribution in [2.24, 2.45) is 5.92 Å². The van der Waals surface area contributed by atoms with Crippen LogP contribution in [-0.4, -0.2) is 39.3 Å². The summed E-state index contributed by atoms with van der Waals surface area (Å²) >= 11 is 3.54. The van der Waals surface area contributed by atoms with Crippen molar-refractivity contribution in [2.75, 3.05) is 6.61 Å². The van der Waals surface area contributed by atoms with Gasteiger partial charge in [0, 0.05) is 34.8 Å². The molecule has 0 spiro atoms. The van der Waals surface area contributed by atoms with Crippen LogP contribution in [0.4, 0.5) is 4.79 Å². The summed E-state index contributed by atoms with van der Waals surface area (Å²) in [7, 11) is 0. The molecule has 1 atom stereocenters. The Balaban J connectivity index is 1.97. The topological polar surface area (TPSA) is 92.9 Å². The zero-order valence-corrected chi connectivity index (χ0v) is 19.9. The molecule has 2 aromatic heterocycles. The van der Waals surface area contributed by atoms with E-state index >= 15 is 0 Å². The van der Waals surface area contributed by atoms with Gasteiger partial charge < -0.3 is 14.3 Å². The van der Waals surface area contributed by atoms with E-state index in [9.17, 15) is 14.7 Å². The number of carbonyl (C=O) groups is 1. The molecule has 31 heavy (non-hydrogen) atoms. The first-order valence-electron chi connectivity index (χ1n) is 10.1. The van der Waals surface area contributed by atoms with Crippen LogP contribution in [0, 0.1) is 5.92 Å². The Morgan fingerprint density at radius 1 is 1.26 bits per heavy atom. The molecular formula is C23H27BrN2O5. The predicted octanol–water partition coefficient (Wildman–Crippen LogP) is 5.68. The maximum atomic E-state index is 12.3. The first-order chi connectivity index (χ1) is 14.5. The minimum atomic E-state index is -0.981. The molecule has 1 aromatic carbocycles. The average Bonchev–Trinajstić information content (AvgIpc) is 2.65. The van der Waals surface area contributed by atoms with Crippen LogP contribution < -0.4 is 10.4 Å². The van der Waals surface area contributed by atoms with E-state index in [0.29, 0.717) is 27.6 Å². The Kier molecular flexibility index (Phi) is 6.59. The minimum absolute atomic E-state index is 0.174. The Morgan fingerprint density at radius 3 is 2.58 bits per heavy atom. The first kappa shape index (κ1) is 23.1. The van der Waals surface area contributed by atoms with Crippen LogP contribution in [0.15, 0.2) is 44.3 Å². The number of fused-ring (bicyclic) bond motifs is 3. The third-order valence-electron chi connectivity index (χ3n) is 5.04. The second-order valence-electron chi connectivity index (χ2n) is 9.01. The molecule has 0 fully saturated rings. The quantitative estimate of drug-likeness (QED) is 0.353. The highest BCUT2D eigenvalue weighted by molar-refractivity contribution is 9.10. The summed E-state index contributed by atoms with van der Waals surface area (Å²) in [6.45, 7) is 9.89. The van der Waals surface area contributed by atoms with Gasteiger partial charge in [-0.3, -0.25) is 9.88 Å². The van der Waals surface area contributed by atoms with Gasteiger partial charge in [-0.25, -0.2) is 9.59 Å². The number of rotatable bonds is 6. The Morgan fingerprint density at radius 2 is 1.97 bits per heavy atom. The molecule has 0 aliphatic rings. The summed E-state index contributed by atoms with van der Waals surface area (Å²) in [6.07, 6.45) is 2.79. The molecule has 1 N–H and O–H groups in total. The summed E-state index contributed by atoms with van der Waals surface area (Å²) in [5.74, 6) is 0.771. The van der Waals surface area contributed by atoms with Gasteiger partial charge in [-0.2, -0.15) is 0 Å². The largest absolute Gasteiger partial charge is 0.490 e. The van der Waals surface area contributed by atoms with E-state index in [-0.39, 0.29) is 18.6 Å². The molecular weight excluding hydrogens is 464 g/mol. The molecule has 0 saturated carbocycles. The fourth-order valence-corrected chi connectivity index (χ4v) is 4.31. The van der Waals surface area contributed by atoms with Gasteiger partial charge in [0.15, 0.2) is 0 Å². The number of halogens is 1. The van der Waals surface area contributed by atoms with E-state index in [0.717, 1.165) is 10.8 Å². The number of ether oxygens (including phenoxy) is 1. The van der Waals surface area contributed by atoms with E-state index < -0.39 is 17.3 Å². The molecule has 166 valence electrons. The smallest absolute Gasteiger partial charge is 0.408 e. The van der Waals surface area contributed by atoms with E-state index in [4.69, 9.17) is 9.15 Å². The molecule has 1 unspecified atom stereocenters. The van der Waals surface area contributed by atoms with Gasteiger partial charge >= 0.3 is 11.7 Å². The van der Waals surface area contributed by atoms with Crippen LogP contribution in [-0.2, 0) is 0 Å². The third-order valence-corrected chi connectivity index (χ3v) is 5.66. The molecule has 0 bridgehead atoms. The van der Waals surface area contributed by atoms with Crippen molar-refractivity contribution < 1.29 is 19.1 Å². The normalized spacial score (nSPS) is 13.0. The van der Waals surface area contributed by atoms with Gasteiger partial charge in [-0.05, 0) is 61.2 Å². The number of hydrogen-bond donors (Lipinski definition) is 1. The number of amides is 1. The fraction of sp³-hybridized carbons (Fsp3) is 0.435. The molecule has 1 amide bonds. The van der Waals surface area contributed by atoms with Crippen molar-refractivity contribution in [1.29, 1.82) is 0 Å². The maximum absolute atomic E-state index is 12.3. The van der Waals surface area contributed by atoms with Crippen LogP contribution in [0.2, 0.25) is 0 Å². The zero-order valence-electron chi connectivity index (χ0n) is 18.3. The van der Waals surface area contributed by atoms with Crippen LogP contribution in [0.1, 0.15) is 41.0 Å². The molecule has 0 aliphatic carbocycles. The second kappa shape index (κ2) is 8.86. The standard InChI is InChI=1S/C23H27BrN2O5/c1-13(2)8-14(26(22(28)29)23(3,4)5)12-30-20-10-19-16(9-18(20)24)15-6-7-25-11-17(15)21(27)31-19/h6-7,9-11,13-14H,8,12H2,1-5H3,(H,28,29). The van der Waals surface area contributed by atoms with Crippen molar-refractivity contribution in [3.63, 3.8) is 0 Å². The lowest BCUT2D eigenvalue weighted by Crippen LogP contribution is -2.53. The summed E-state index contributed by atoms with van der Waals surface area (Å²) in [5, 5.41) is 11.7. The lowest BCUT2D eigenvalue weighted by Gasteiger charge is -2.40. The van der Waals surface area contributed by atoms with Gasteiger partial charge in [-0.15, -0.1) is 0 Å². The number of nitrogens with zero attached hydrogens (tertiary/aromatic N) is 2. The lowest BCUT2D eigenvalue weighted by atomic mass is 9.97. The predicted molar refractivity (Wildman–Crippen MR) is 124 cm³/mol. The van der Waals surface area contributed by atoms with Crippen molar-refractivity contribution in [1.82, 2.24) is 9.88 Å². The summed E-state index contributed by atoms with van der Waals surface area (Å²) in [6, 6.07) is 4.94. The van der Waals surface area contributed by atoms with Gasteiger partial charge in [-0.1, -0.05) is 13.8 Å². The fourth-order valence-electron chi connectivity index (χ4n) is 3.86. The molecule has 8 heteroatoms. The average molecular weight is 491 g/mol. The molecule has 0 saturated heterocycles. The zero-order chi connectivity index (χ0) is 22.9. The minimum Gasteiger partial charge on any atom is -0.490 e. The summed E-state index contributed by atoms with van der Waals surface area (Å²) in [4.78, 5) is 29.8. The van der Waals surface area contributed by atoms with Gasteiger partial charge in [0.05, 0.1) is 15.9 Å². The lowest BCUT2D eigenvalue weighted by molar-refractivity contribution is 0.0433. The van der Waals surface area contributed by atoms with E-state index in [1.807, 2.05) is 26.8 Å². The highest BCUT2D eigenvalue weighted by Gasteiger charge is 2.34. The Hall–Kier alpha value is -2.61.